The van der Waals surface area contributed by atoms with E-state index in [2.05, 4.69) is 171 Å². The Morgan fingerprint density at radius 3 is 1.72 bits per heavy atom. The van der Waals surface area contributed by atoms with Crippen LogP contribution in [0, 0.1) is 22.7 Å². The first-order valence-electron chi connectivity index (χ1n) is 21.0. The molecule has 0 N–H and O–H groups in total. The number of benzene rings is 1. The van der Waals surface area contributed by atoms with E-state index in [4.69, 9.17) is 32.5 Å². The number of rotatable bonds is 21. The molecular formula is C31H70O10P30. The van der Waals surface area contributed by atoms with Crippen molar-refractivity contribution in [2.75, 3.05) is 6.61 Å². The average Bonchev–Trinajstić information content (AvgIpc) is 3.25. The van der Waals surface area contributed by atoms with Gasteiger partial charge in [-0.15, -0.1) is 134 Å². The van der Waals surface area contributed by atoms with Gasteiger partial charge in [0.15, 0.2) is 5.60 Å². The standard InChI is InChI=1S/C31H70O10P30/c1-15-20(39-61(69(57)65(49)50)71(67(53)54)68(55)56)12-19-24(37-28(34)18-10-8-7-9-11-18)26-30(6,21(40-59(62(43)44)63(45)46)13-22-31(26,14-35-22)38-17(3)33)27(36-16(2)32)25(23(15)29(19,4)5)41-60(64(47)48)70(58-42)66(51)52/h7-11,19-22,24-27,58H,12-14,42-57H2,1-6H3/t19?,20-,21-,22+,24+,25+,26?,27+,30+,31-,60?,61?,69?,70?/m0/s1. The number of esters is 3. The fourth-order valence-corrected chi connectivity index (χ4v) is 205. The van der Waals surface area contributed by atoms with Crippen LogP contribution in [0.15, 0.2) is 41.5 Å². The molecule has 2 saturated carbocycles. The number of ether oxygens (including phenoxy) is 4. The predicted octanol–water partition coefficient (Wildman–Crippen LogP) is 20.8. The van der Waals surface area contributed by atoms with E-state index in [1.807, 2.05) is 18.2 Å². The minimum absolute atomic E-state index is 0.0705. The molecule has 40 heteroatoms. The van der Waals surface area contributed by atoms with Crippen molar-refractivity contribution in [1.29, 1.82) is 0 Å². The smallest absolute Gasteiger partial charge is 0.338 e. The molecule has 71 heavy (non-hydrogen) atoms. The molecule has 0 spiro atoms. The van der Waals surface area contributed by atoms with Gasteiger partial charge in [0.25, 0.3) is 0 Å². The van der Waals surface area contributed by atoms with Crippen molar-refractivity contribution < 1.29 is 46.9 Å². The molecule has 1 heterocycles. The summed E-state index contributed by atoms with van der Waals surface area (Å²) >= 11 is 0. The minimum atomic E-state index is -1.29. The van der Waals surface area contributed by atoms with Crippen LogP contribution in [0.3, 0.4) is 0 Å². The summed E-state index contributed by atoms with van der Waals surface area (Å²) in [5, 5.41) is 0. The second-order valence-corrected chi connectivity index (χ2v) is 124. The molecule has 31 atom stereocenters. The van der Waals surface area contributed by atoms with Crippen LogP contribution in [0.1, 0.15) is 64.7 Å². The van der Waals surface area contributed by atoms with Gasteiger partial charge < -0.3 is 32.5 Å². The van der Waals surface area contributed by atoms with E-state index in [0.717, 1.165) is 11.1 Å². The van der Waals surface area contributed by atoms with Crippen molar-refractivity contribution >= 4 is 261 Å². The first-order valence-corrected chi connectivity index (χ1v) is 73.2. The average molecular weight is 1530 g/mol. The lowest BCUT2D eigenvalue weighted by molar-refractivity contribution is -0.351. The van der Waals surface area contributed by atoms with Gasteiger partial charge in [0, 0.05) is 52.6 Å². The largest absolute Gasteiger partial charge is 0.459 e. The zero-order chi connectivity index (χ0) is 53.4. The lowest BCUT2D eigenvalue weighted by atomic mass is 9.45. The molecule has 1 aromatic rings. The molecule has 23 unspecified atom stereocenters. The molecule has 0 amide bonds. The molecule has 1 aliphatic heterocycles. The molecular weight excluding hydrogens is 1460 g/mol. The highest BCUT2D eigenvalue weighted by atomic mass is 33.2. The summed E-state index contributed by atoms with van der Waals surface area (Å²) in [6.07, 6.45) is -3.46. The van der Waals surface area contributed by atoms with Gasteiger partial charge in [-0.1, -0.05) is 55.9 Å². The Kier molecular flexibility index (Phi) is 32.4. The van der Waals surface area contributed by atoms with Crippen LogP contribution in [0.25, 0.3) is 0 Å². The summed E-state index contributed by atoms with van der Waals surface area (Å²) in [7, 11) is 46.7. The lowest BCUT2D eigenvalue weighted by Gasteiger charge is -2.68. The molecule has 1 aromatic carbocycles. The van der Waals surface area contributed by atoms with Crippen molar-refractivity contribution in [3.8, 4) is 0 Å². The van der Waals surface area contributed by atoms with Crippen LogP contribution >= 0.6 is 243 Å². The van der Waals surface area contributed by atoms with Gasteiger partial charge in [-0.25, -0.2) is 4.79 Å². The Morgan fingerprint density at radius 2 is 1.27 bits per heavy atom. The van der Waals surface area contributed by atoms with Gasteiger partial charge in [0.1, 0.15) is 24.4 Å². The van der Waals surface area contributed by atoms with E-state index in [0.29, 0.717) is 26.4 Å². The molecule has 3 aliphatic carbocycles. The second-order valence-electron chi connectivity index (χ2n) is 17.5. The van der Waals surface area contributed by atoms with Crippen molar-refractivity contribution in [3.05, 3.63) is 47.0 Å². The highest BCUT2D eigenvalue weighted by Gasteiger charge is 2.77. The molecule has 0 radical (unpaired) electrons. The third-order valence-electron chi connectivity index (χ3n) is 12.9. The van der Waals surface area contributed by atoms with E-state index in [-0.39, 0.29) is 6.61 Å². The van der Waals surface area contributed by atoms with E-state index in [1.54, 1.807) is 12.1 Å². The summed E-state index contributed by atoms with van der Waals surface area (Å²) in [6.45, 7) is 5.56. The van der Waals surface area contributed by atoms with Crippen LogP contribution in [0.2, 0.25) is 0 Å². The third-order valence-corrected chi connectivity index (χ3v) is 153. The lowest BCUT2D eigenvalue weighted by Crippen LogP contribution is -2.80. The van der Waals surface area contributed by atoms with E-state index in [1.165, 1.54) is 13.8 Å². The molecule has 5 rings (SSSR count). The van der Waals surface area contributed by atoms with Crippen molar-refractivity contribution in [2.24, 2.45) is 22.7 Å². The summed E-state index contributed by atoms with van der Waals surface area (Å²) in [6, 6.07) is 9.11. The first-order chi connectivity index (χ1) is 33.0. The first kappa shape index (κ1) is 71.9. The molecule has 4 aliphatic rings. The third kappa shape index (κ3) is 17.1. The molecule has 3 fully saturated rings. The highest BCUT2D eigenvalue weighted by Crippen LogP contribution is 3.18. The molecule has 1 saturated heterocycles. The van der Waals surface area contributed by atoms with E-state index < -0.39 is 175 Å². The van der Waals surface area contributed by atoms with Gasteiger partial charge in [0.05, 0.1) is 52.9 Å². The maximum absolute atomic E-state index is 15.1. The van der Waals surface area contributed by atoms with E-state index >= 15 is 4.79 Å². The van der Waals surface area contributed by atoms with Gasteiger partial charge >= 0.3 is 17.9 Å². The molecule has 404 valence electrons. The van der Waals surface area contributed by atoms with Crippen molar-refractivity contribution in [1.82, 2.24) is 0 Å². The van der Waals surface area contributed by atoms with Crippen LogP contribution in [0.4, 0.5) is 0 Å². The Bertz CT molecular complexity index is 2010. The number of carbonyl (C=O) groups excluding carboxylic acids is 3. The van der Waals surface area contributed by atoms with Crippen LogP contribution in [0.5, 0.6) is 0 Å². The molecule has 0 aromatic heterocycles. The van der Waals surface area contributed by atoms with Crippen LogP contribution < -0.4 is 0 Å². The summed E-state index contributed by atoms with van der Waals surface area (Å²) in [5.74, 6) is -2.65. The zero-order valence-corrected chi connectivity index (χ0v) is 70.9. The quantitative estimate of drug-likeness (QED) is 0.0510. The van der Waals surface area contributed by atoms with Gasteiger partial charge in [0.2, 0.25) is 0 Å². The Hall–Kier alpha value is 10.1. The topological polar surface area (TPSA) is 116 Å². The monoisotopic (exact) mass is 1530 g/mol. The Labute approximate surface area is 476 Å². The maximum Gasteiger partial charge on any atom is 0.338 e. The zero-order valence-electron chi connectivity index (χ0n) is 39.8. The van der Waals surface area contributed by atoms with Crippen molar-refractivity contribution in [3.63, 3.8) is 0 Å². The fraction of sp³-hybridized carbons (Fsp3) is 0.645. The van der Waals surface area contributed by atoms with Gasteiger partial charge in [-0.2, -0.15) is 0 Å². The summed E-state index contributed by atoms with van der Waals surface area (Å²) < 4.78 is 51.3. The minimum Gasteiger partial charge on any atom is -0.459 e. The number of hydrogen-bond acceptors (Lipinski definition) is 10. The SMILES string of the molecule is CC(=O)O[C@@H]1[C@H](OP(P(P)P)P(PP)P(P)P)C2=C(C)[C@@H](OP(P(P)P(P)P)P(P(P)P)P(P)P)CC([C@@H](OC(=O)c3ccccc3)C3[C@@]1(C)[C@@H](OP(P(P)P)P(P)P)C[C@H]1OC[C@@]31OC(C)=O)C2(C)C. The van der Waals surface area contributed by atoms with Gasteiger partial charge in [-0.3, -0.25) is 9.59 Å². The van der Waals surface area contributed by atoms with Crippen LogP contribution in [-0.2, 0) is 42.1 Å². The number of hydrogen-bond donors (Lipinski definition) is 0. The number of fused-ring (bicyclic) bond motifs is 5. The second kappa shape index (κ2) is 32.0. The molecule has 10 nitrogen and oxygen atoms in total. The maximum atomic E-state index is 15.1. The molecule has 2 bridgehead atoms. The van der Waals surface area contributed by atoms with E-state index in [9.17, 15) is 9.59 Å². The van der Waals surface area contributed by atoms with Gasteiger partial charge in [-0.05, 0) is 91.0 Å². The fourth-order valence-electron chi connectivity index (χ4n) is 10.1. The summed E-state index contributed by atoms with van der Waals surface area (Å²) in [5.41, 5.74) is -0.760. The van der Waals surface area contributed by atoms with Crippen molar-refractivity contribution in [2.45, 2.75) is 96.6 Å². The predicted molar refractivity (Wildman–Crippen MR) is 394 cm³/mol. The highest BCUT2D eigenvalue weighted by molar-refractivity contribution is 9.19. The Morgan fingerprint density at radius 1 is 0.690 bits per heavy atom. The Balaban J connectivity index is 2.01. The van der Waals surface area contributed by atoms with Crippen LogP contribution in [-0.4, -0.2) is 66.7 Å². The normalized spacial score (nSPS) is 31.5. The number of carbonyl (C=O) groups is 3. The summed E-state index contributed by atoms with van der Waals surface area (Å²) in [4.78, 5) is 43.3.